The lowest BCUT2D eigenvalue weighted by atomic mass is 9.98. The Morgan fingerprint density at radius 1 is 1.06 bits per heavy atom. The van der Waals surface area contributed by atoms with Crippen molar-refractivity contribution in [2.45, 2.75) is 65.6 Å². The minimum absolute atomic E-state index is 0.0881. The van der Waals surface area contributed by atoms with E-state index in [1.54, 1.807) is 0 Å². The average molecular weight is 429 g/mol. The van der Waals surface area contributed by atoms with Gasteiger partial charge in [0.25, 0.3) is 0 Å². The van der Waals surface area contributed by atoms with Crippen LogP contribution in [0.5, 0.6) is 11.5 Å². The summed E-state index contributed by atoms with van der Waals surface area (Å²) >= 11 is 0. The van der Waals surface area contributed by atoms with Crippen LogP contribution in [-0.2, 0) is 12.1 Å². The molecule has 1 fully saturated rings. The second-order valence-electron chi connectivity index (χ2n) is 9.76. The van der Waals surface area contributed by atoms with E-state index in [9.17, 15) is 0 Å². The molecule has 4 rings (SSSR count). The monoisotopic (exact) mass is 428 g/mol. The summed E-state index contributed by atoms with van der Waals surface area (Å²) in [6.45, 7) is 16.5. The number of ether oxygens (including phenoxy) is 2. The van der Waals surface area contributed by atoms with Crippen molar-refractivity contribution in [3.63, 3.8) is 0 Å². The molecule has 8 heteroatoms. The van der Waals surface area contributed by atoms with Gasteiger partial charge in [-0.15, -0.1) is 5.10 Å². The Labute approximate surface area is 185 Å². The average Bonchev–Trinajstić information content (AvgIpc) is 3.42. The number of hydrogen-bond donors (Lipinski definition) is 0. The van der Waals surface area contributed by atoms with Gasteiger partial charge in [-0.05, 0) is 60.7 Å². The molecule has 0 saturated carbocycles. The highest BCUT2D eigenvalue weighted by Gasteiger charge is 2.33. The van der Waals surface area contributed by atoms with E-state index >= 15 is 0 Å². The van der Waals surface area contributed by atoms with E-state index in [0.29, 0.717) is 12.7 Å². The zero-order valence-electron chi connectivity index (χ0n) is 19.5. The summed E-state index contributed by atoms with van der Waals surface area (Å²) < 4.78 is 13.0. The zero-order valence-corrected chi connectivity index (χ0v) is 19.5. The molecular weight excluding hydrogens is 392 g/mol. The molecule has 1 atom stereocenters. The van der Waals surface area contributed by atoms with Crippen LogP contribution >= 0.6 is 0 Å². The molecule has 2 aliphatic rings. The van der Waals surface area contributed by atoms with Crippen LogP contribution in [-0.4, -0.2) is 63.0 Å². The predicted octanol–water partition coefficient (Wildman–Crippen LogP) is 3.45. The Morgan fingerprint density at radius 2 is 1.81 bits per heavy atom. The van der Waals surface area contributed by atoms with E-state index in [0.717, 1.165) is 62.9 Å². The van der Waals surface area contributed by atoms with Gasteiger partial charge in [-0.25, -0.2) is 4.68 Å². The summed E-state index contributed by atoms with van der Waals surface area (Å²) in [5.74, 6) is 3.28. The van der Waals surface area contributed by atoms with Crippen molar-refractivity contribution in [2.75, 3.05) is 33.0 Å². The van der Waals surface area contributed by atoms with Gasteiger partial charge in [0.05, 0.1) is 11.6 Å². The van der Waals surface area contributed by atoms with Crippen LogP contribution in [0.1, 0.15) is 64.9 Å². The van der Waals surface area contributed by atoms with Gasteiger partial charge < -0.3 is 9.47 Å². The van der Waals surface area contributed by atoms with Crippen LogP contribution in [0.4, 0.5) is 0 Å². The van der Waals surface area contributed by atoms with E-state index in [-0.39, 0.29) is 11.6 Å². The Kier molecular flexibility index (Phi) is 6.48. The van der Waals surface area contributed by atoms with Gasteiger partial charge >= 0.3 is 0 Å². The van der Waals surface area contributed by atoms with Crippen molar-refractivity contribution in [1.29, 1.82) is 0 Å². The molecule has 0 unspecified atom stereocenters. The highest BCUT2D eigenvalue weighted by Crippen LogP contribution is 2.34. The van der Waals surface area contributed by atoms with Crippen molar-refractivity contribution < 1.29 is 9.47 Å². The maximum Gasteiger partial charge on any atom is 0.231 e. The molecule has 170 valence electrons. The number of piperazine rings is 1. The summed E-state index contributed by atoms with van der Waals surface area (Å²) in [4.78, 5) is 5.09. The number of tetrazole rings is 1. The van der Waals surface area contributed by atoms with Crippen LogP contribution in [0.2, 0.25) is 0 Å². The first-order valence-electron chi connectivity index (χ1n) is 11.5. The summed E-state index contributed by atoms with van der Waals surface area (Å²) in [5.41, 5.74) is 1.18. The summed E-state index contributed by atoms with van der Waals surface area (Å²) in [6.07, 6.45) is 2.05. The quantitative estimate of drug-likeness (QED) is 0.638. The topological polar surface area (TPSA) is 68.5 Å². The summed E-state index contributed by atoms with van der Waals surface area (Å²) in [5, 5.41) is 12.9. The minimum atomic E-state index is -0.0881. The molecule has 0 amide bonds. The Morgan fingerprint density at radius 3 is 2.52 bits per heavy atom. The molecule has 8 nitrogen and oxygen atoms in total. The molecule has 2 aliphatic heterocycles. The Hall–Kier alpha value is -2.19. The van der Waals surface area contributed by atoms with Gasteiger partial charge in [0.1, 0.15) is 0 Å². The maximum absolute atomic E-state index is 5.53. The molecule has 0 radical (unpaired) electrons. The van der Waals surface area contributed by atoms with Crippen molar-refractivity contribution in [2.24, 2.45) is 5.92 Å². The fourth-order valence-corrected chi connectivity index (χ4v) is 4.38. The molecule has 3 heterocycles. The number of nitrogens with zero attached hydrogens (tertiary/aromatic N) is 6. The lowest BCUT2D eigenvalue weighted by Gasteiger charge is -2.40. The van der Waals surface area contributed by atoms with Crippen molar-refractivity contribution in [3.05, 3.63) is 29.6 Å². The molecular formula is C23H36N6O2. The molecule has 1 aromatic heterocycles. The van der Waals surface area contributed by atoms with Gasteiger partial charge in [0, 0.05) is 32.7 Å². The maximum atomic E-state index is 5.53. The van der Waals surface area contributed by atoms with Gasteiger partial charge in [-0.1, -0.05) is 26.8 Å². The molecule has 1 aromatic carbocycles. The third-order valence-corrected chi connectivity index (χ3v) is 6.62. The first-order chi connectivity index (χ1) is 14.9. The third-order valence-electron chi connectivity index (χ3n) is 6.62. The third kappa shape index (κ3) is 4.85. The molecule has 2 aromatic rings. The van der Waals surface area contributed by atoms with Crippen molar-refractivity contribution >= 4 is 0 Å². The fraction of sp³-hybridized carbons (Fsp3) is 0.696. The van der Waals surface area contributed by atoms with Crippen molar-refractivity contribution in [3.8, 4) is 11.5 Å². The van der Waals surface area contributed by atoms with E-state index < -0.39 is 0 Å². The summed E-state index contributed by atoms with van der Waals surface area (Å²) in [6, 6.07) is 6.51. The lowest BCUT2D eigenvalue weighted by molar-refractivity contribution is 0.0737. The number of benzene rings is 1. The number of fused-ring (bicyclic) bond motifs is 1. The lowest BCUT2D eigenvalue weighted by Crippen LogP contribution is -2.48. The molecule has 1 saturated heterocycles. The largest absolute Gasteiger partial charge is 0.454 e. The van der Waals surface area contributed by atoms with E-state index in [1.807, 2.05) is 6.07 Å². The molecule has 0 spiro atoms. The first kappa shape index (κ1) is 22.0. The van der Waals surface area contributed by atoms with Gasteiger partial charge in [0.15, 0.2) is 17.3 Å². The molecule has 31 heavy (non-hydrogen) atoms. The first-order valence-corrected chi connectivity index (χ1v) is 11.5. The van der Waals surface area contributed by atoms with Crippen LogP contribution in [0.25, 0.3) is 0 Å². The highest BCUT2D eigenvalue weighted by molar-refractivity contribution is 5.44. The fourth-order valence-electron chi connectivity index (χ4n) is 4.38. The number of aromatic nitrogens is 4. The van der Waals surface area contributed by atoms with Crippen LogP contribution in [0.3, 0.4) is 0 Å². The minimum Gasteiger partial charge on any atom is -0.454 e. The van der Waals surface area contributed by atoms with E-state index in [4.69, 9.17) is 9.47 Å². The molecule has 0 bridgehead atoms. The normalized spacial score (nSPS) is 18.6. The molecule has 0 N–H and O–H groups in total. The Balaban J connectivity index is 1.43. The Bertz CT molecular complexity index is 873. The van der Waals surface area contributed by atoms with E-state index in [2.05, 4.69) is 76.8 Å². The van der Waals surface area contributed by atoms with Gasteiger partial charge in [-0.2, -0.15) is 0 Å². The standard InChI is InChI=1S/C23H36N6O2/c1-6-23(4,5)29-22(24-25-26-29)19(13-17(2)3)28-11-9-27(10-12-28)15-18-7-8-20-21(14-18)31-16-30-20/h7-8,14,17,19H,6,9-13,15-16H2,1-5H3/t19-/m1/s1. The zero-order chi connectivity index (χ0) is 22.0. The van der Waals surface area contributed by atoms with Gasteiger partial charge in [-0.3, -0.25) is 9.80 Å². The summed E-state index contributed by atoms with van der Waals surface area (Å²) in [7, 11) is 0. The number of hydrogen-bond acceptors (Lipinski definition) is 7. The van der Waals surface area contributed by atoms with Crippen molar-refractivity contribution in [1.82, 2.24) is 30.0 Å². The van der Waals surface area contributed by atoms with Gasteiger partial charge in [0.2, 0.25) is 6.79 Å². The highest BCUT2D eigenvalue weighted by atomic mass is 16.7. The second-order valence-corrected chi connectivity index (χ2v) is 9.76. The predicted molar refractivity (Wildman–Crippen MR) is 119 cm³/mol. The van der Waals surface area contributed by atoms with Crippen LogP contribution < -0.4 is 9.47 Å². The SMILES string of the molecule is CCC(C)(C)n1nnnc1[C@@H](CC(C)C)N1CCN(Cc2ccc3c(c2)OCO3)CC1. The molecule has 0 aliphatic carbocycles. The number of rotatable bonds is 8. The van der Waals surface area contributed by atoms with Crippen LogP contribution in [0, 0.1) is 5.92 Å². The second kappa shape index (κ2) is 9.12. The smallest absolute Gasteiger partial charge is 0.231 e. The van der Waals surface area contributed by atoms with Crippen LogP contribution in [0.15, 0.2) is 18.2 Å². The van der Waals surface area contributed by atoms with E-state index in [1.165, 1.54) is 5.56 Å².